The highest BCUT2D eigenvalue weighted by molar-refractivity contribution is 7.89. The zero-order valence-corrected chi connectivity index (χ0v) is 12.5. The van der Waals surface area contributed by atoms with Crippen LogP contribution in [-0.2, 0) is 14.8 Å². The fourth-order valence-electron chi connectivity index (χ4n) is 2.62. The van der Waals surface area contributed by atoms with E-state index >= 15 is 0 Å². The molecule has 0 bridgehead atoms. The molecule has 19 heavy (non-hydrogen) atoms. The predicted molar refractivity (Wildman–Crippen MR) is 74.7 cm³/mol. The molecule has 2 saturated heterocycles. The van der Waals surface area contributed by atoms with Gasteiger partial charge in [0.15, 0.2) is 0 Å². The Morgan fingerprint density at radius 1 is 1.37 bits per heavy atom. The van der Waals surface area contributed by atoms with Gasteiger partial charge in [-0.05, 0) is 19.8 Å². The minimum Gasteiger partial charge on any atom is -0.380 e. The molecule has 2 aliphatic heterocycles. The Morgan fingerprint density at radius 3 is 2.74 bits per heavy atom. The van der Waals surface area contributed by atoms with Gasteiger partial charge >= 0.3 is 0 Å². The molecule has 0 aliphatic carbocycles. The first-order chi connectivity index (χ1) is 8.99. The summed E-state index contributed by atoms with van der Waals surface area (Å²) >= 11 is 0. The second-order valence-corrected chi connectivity index (χ2v) is 7.57. The number of ether oxygens (including phenoxy) is 1. The number of sulfonamides is 1. The van der Waals surface area contributed by atoms with Gasteiger partial charge in [-0.2, -0.15) is 0 Å². The molecule has 2 rings (SSSR count). The average Bonchev–Trinajstić information content (AvgIpc) is 2.37. The van der Waals surface area contributed by atoms with Gasteiger partial charge in [0.25, 0.3) is 0 Å². The summed E-state index contributed by atoms with van der Waals surface area (Å²) in [5.74, 6) is 0.169. The third-order valence-corrected chi connectivity index (χ3v) is 5.25. The minimum absolute atomic E-state index is 0.169. The Kier molecular flexibility index (Phi) is 5.19. The fourth-order valence-corrected chi connectivity index (χ4v) is 4.14. The smallest absolute Gasteiger partial charge is 0.213 e. The highest BCUT2D eigenvalue weighted by Gasteiger charge is 2.32. The van der Waals surface area contributed by atoms with Crippen molar-refractivity contribution in [1.29, 1.82) is 0 Å². The summed E-state index contributed by atoms with van der Waals surface area (Å²) in [7, 11) is -3.23. The Bertz CT molecular complexity index is 374. The van der Waals surface area contributed by atoms with Crippen molar-refractivity contribution in [3.05, 3.63) is 0 Å². The fraction of sp³-hybridized carbons (Fsp3) is 1.00. The largest absolute Gasteiger partial charge is 0.380 e. The number of nitrogens with zero attached hydrogens (tertiary/aromatic N) is 1. The van der Waals surface area contributed by atoms with Crippen molar-refractivity contribution >= 4 is 10.0 Å². The molecular weight excluding hydrogens is 266 g/mol. The SMILES string of the molecule is CC1(NS(=O)(=O)CCN2CCNCC2)CCCOC1. The maximum absolute atomic E-state index is 12.1. The van der Waals surface area contributed by atoms with E-state index in [1.54, 1.807) is 0 Å². The summed E-state index contributed by atoms with van der Waals surface area (Å²) in [6.45, 7) is 7.48. The topological polar surface area (TPSA) is 70.7 Å². The van der Waals surface area contributed by atoms with E-state index in [-0.39, 0.29) is 5.75 Å². The molecule has 112 valence electrons. The molecular formula is C12H25N3O3S. The molecule has 0 spiro atoms. The van der Waals surface area contributed by atoms with E-state index in [1.807, 2.05) is 6.92 Å². The Balaban J connectivity index is 1.80. The van der Waals surface area contributed by atoms with E-state index in [1.165, 1.54) is 0 Å². The van der Waals surface area contributed by atoms with E-state index in [4.69, 9.17) is 4.74 Å². The van der Waals surface area contributed by atoms with Crippen LogP contribution in [0.3, 0.4) is 0 Å². The quantitative estimate of drug-likeness (QED) is 0.706. The lowest BCUT2D eigenvalue weighted by Crippen LogP contribution is -2.53. The number of nitrogens with one attached hydrogen (secondary N) is 2. The Labute approximate surface area is 115 Å². The van der Waals surface area contributed by atoms with Gasteiger partial charge in [-0.15, -0.1) is 0 Å². The Hall–Kier alpha value is -0.210. The van der Waals surface area contributed by atoms with Crippen molar-refractivity contribution in [3.63, 3.8) is 0 Å². The van der Waals surface area contributed by atoms with Gasteiger partial charge in [0.1, 0.15) is 0 Å². The number of hydrogen-bond acceptors (Lipinski definition) is 5. The third kappa shape index (κ3) is 5.00. The van der Waals surface area contributed by atoms with E-state index < -0.39 is 15.6 Å². The first-order valence-electron chi connectivity index (χ1n) is 7.02. The van der Waals surface area contributed by atoms with Gasteiger partial charge in [0.05, 0.1) is 17.9 Å². The number of hydrogen-bond donors (Lipinski definition) is 2. The van der Waals surface area contributed by atoms with Crippen molar-refractivity contribution in [3.8, 4) is 0 Å². The van der Waals surface area contributed by atoms with E-state index in [0.717, 1.165) is 45.6 Å². The molecule has 1 atom stereocenters. The van der Waals surface area contributed by atoms with Crippen LogP contribution in [0.5, 0.6) is 0 Å². The molecule has 0 saturated carbocycles. The molecule has 7 heteroatoms. The molecule has 0 radical (unpaired) electrons. The van der Waals surface area contributed by atoms with Gasteiger partial charge in [0, 0.05) is 39.3 Å². The van der Waals surface area contributed by atoms with Crippen LogP contribution < -0.4 is 10.0 Å². The second kappa shape index (κ2) is 6.49. The summed E-state index contributed by atoms with van der Waals surface area (Å²) in [6.07, 6.45) is 1.76. The average molecular weight is 291 g/mol. The van der Waals surface area contributed by atoms with Crippen LogP contribution in [0.2, 0.25) is 0 Å². The van der Waals surface area contributed by atoms with Gasteiger partial charge in [-0.3, -0.25) is 4.90 Å². The van der Waals surface area contributed by atoms with Crippen molar-refractivity contribution in [1.82, 2.24) is 14.9 Å². The van der Waals surface area contributed by atoms with E-state index in [2.05, 4.69) is 14.9 Å². The van der Waals surface area contributed by atoms with Crippen molar-refractivity contribution in [2.24, 2.45) is 0 Å². The molecule has 0 aromatic rings. The van der Waals surface area contributed by atoms with Crippen molar-refractivity contribution in [2.45, 2.75) is 25.3 Å². The minimum atomic E-state index is -3.23. The van der Waals surface area contributed by atoms with Gasteiger partial charge in [-0.1, -0.05) is 0 Å². The molecule has 0 aromatic heterocycles. The van der Waals surface area contributed by atoms with Gasteiger partial charge in [-0.25, -0.2) is 13.1 Å². The zero-order valence-electron chi connectivity index (χ0n) is 11.7. The molecule has 2 heterocycles. The first-order valence-corrected chi connectivity index (χ1v) is 8.67. The van der Waals surface area contributed by atoms with Gasteiger partial charge < -0.3 is 10.1 Å². The van der Waals surface area contributed by atoms with Gasteiger partial charge in [0.2, 0.25) is 10.0 Å². The van der Waals surface area contributed by atoms with Crippen molar-refractivity contribution in [2.75, 3.05) is 51.7 Å². The molecule has 2 fully saturated rings. The van der Waals surface area contributed by atoms with E-state index in [0.29, 0.717) is 13.2 Å². The normalized spacial score (nSPS) is 30.4. The highest BCUT2D eigenvalue weighted by atomic mass is 32.2. The predicted octanol–water partition coefficient (Wildman–Crippen LogP) is -0.620. The first kappa shape index (κ1) is 15.2. The van der Waals surface area contributed by atoms with Crippen LogP contribution in [0.15, 0.2) is 0 Å². The standard InChI is InChI=1S/C12H25N3O3S/c1-12(3-2-9-18-11-12)14-19(16,17)10-8-15-6-4-13-5-7-15/h13-14H,2-11H2,1H3. The zero-order chi connectivity index (χ0) is 13.8. The maximum Gasteiger partial charge on any atom is 0.213 e. The molecule has 0 amide bonds. The summed E-state index contributed by atoms with van der Waals surface area (Å²) in [4.78, 5) is 2.19. The summed E-state index contributed by atoms with van der Waals surface area (Å²) < 4.78 is 32.5. The number of rotatable bonds is 5. The van der Waals surface area contributed by atoms with Crippen LogP contribution in [0.4, 0.5) is 0 Å². The van der Waals surface area contributed by atoms with E-state index in [9.17, 15) is 8.42 Å². The van der Waals surface area contributed by atoms with Crippen LogP contribution in [0.1, 0.15) is 19.8 Å². The molecule has 2 N–H and O–H groups in total. The molecule has 2 aliphatic rings. The lowest BCUT2D eigenvalue weighted by atomic mass is 9.97. The summed E-state index contributed by atoms with van der Waals surface area (Å²) in [6, 6.07) is 0. The van der Waals surface area contributed by atoms with Crippen LogP contribution >= 0.6 is 0 Å². The lowest BCUT2D eigenvalue weighted by Gasteiger charge is -2.34. The van der Waals surface area contributed by atoms with Crippen LogP contribution in [0, 0.1) is 0 Å². The second-order valence-electron chi connectivity index (χ2n) is 5.73. The maximum atomic E-state index is 12.1. The monoisotopic (exact) mass is 291 g/mol. The number of piperazine rings is 1. The van der Waals surface area contributed by atoms with Crippen LogP contribution in [0.25, 0.3) is 0 Å². The summed E-state index contributed by atoms with van der Waals surface area (Å²) in [5.41, 5.74) is -0.430. The molecule has 6 nitrogen and oxygen atoms in total. The Morgan fingerprint density at radius 2 is 2.11 bits per heavy atom. The third-order valence-electron chi connectivity index (χ3n) is 3.73. The molecule has 1 unspecified atom stereocenters. The summed E-state index contributed by atoms with van der Waals surface area (Å²) in [5, 5.41) is 3.26. The van der Waals surface area contributed by atoms with Crippen molar-refractivity contribution < 1.29 is 13.2 Å². The highest BCUT2D eigenvalue weighted by Crippen LogP contribution is 2.19. The lowest BCUT2D eigenvalue weighted by molar-refractivity contribution is 0.0386. The molecule has 0 aromatic carbocycles. The van der Waals surface area contributed by atoms with Crippen LogP contribution in [-0.4, -0.2) is 70.5 Å².